The molecule has 4 nitrogen and oxygen atoms in total. The summed E-state index contributed by atoms with van der Waals surface area (Å²) in [7, 11) is 0. The Balaban J connectivity index is 2.36. The number of benzene rings is 1. The molecule has 0 saturated carbocycles. The van der Waals surface area contributed by atoms with E-state index in [9.17, 15) is 10.1 Å². The van der Waals surface area contributed by atoms with Crippen LogP contribution in [0, 0.1) is 16.0 Å². The van der Waals surface area contributed by atoms with Crippen molar-refractivity contribution in [1.29, 1.82) is 0 Å². The van der Waals surface area contributed by atoms with Crippen molar-refractivity contribution in [2.24, 2.45) is 5.92 Å². The minimum Gasteiger partial charge on any atom is -0.258 e. The van der Waals surface area contributed by atoms with Gasteiger partial charge in [-0.3, -0.25) is 10.1 Å². The lowest BCUT2D eigenvalue weighted by Gasteiger charge is -2.12. The second-order valence-electron chi connectivity index (χ2n) is 4.96. The van der Waals surface area contributed by atoms with Gasteiger partial charge in [0.15, 0.2) is 5.52 Å². The first-order valence-corrected chi connectivity index (χ1v) is 7.92. The average Bonchev–Trinajstić information content (AvgIpc) is 2.74. The summed E-state index contributed by atoms with van der Waals surface area (Å²) in [6.07, 6.45) is 1.65. The van der Waals surface area contributed by atoms with Crippen LogP contribution in [0.1, 0.15) is 25.8 Å². The van der Waals surface area contributed by atoms with Gasteiger partial charge in [0.05, 0.1) is 15.1 Å². The van der Waals surface area contributed by atoms with Crippen molar-refractivity contribution in [3.05, 3.63) is 33.3 Å². The minimum atomic E-state index is -0.313. The van der Waals surface area contributed by atoms with Gasteiger partial charge in [0.25, 0.3) is 5.69 Å². The minimum absolute atomic E-state index is 0.159. The van der Waals surface area contributed by atoms with Gasteiger partial charge in [-0.1, -0.05) is 35.8 Å². The van der Waals surface area contributed by atoms with Gasteiger partial charge in [-0.15, -0.1) is 11.3 Å². The number of alkyl halides is 1. The largest absolute Gasteiger partial charge is 0.299 e. The first-order valence-electron chi connectivity index (χ1n) is 6.12. The van der Waals surface area contributed by atoms with Gasteiger partial charge in [-0.05, 0) is 24.8 Å². The normalized spacial score (nSPS) is 13.1. The van der Waals surface area contributed by atoms with E-state index in [0.717, 1.165) is 16.7 Å². The predicted molar refractivity (Wildman–Crippen MR) is 82.1 cm³/mol. The fourth-order valence-corrected chi connectivity index (χ4v) is 3.94. The quantitative estimate of drug-likeness (QED) is 0.454. The Morgan fingerprint density at radius 1 is 1.47 bits per heavy atom. The van der Waals surface area contributed by atoms with Crippen LogP contribution in [-0.2, 0) is 6.42 Å². The van der Waals surface area contributed by atoms with Crippen molar-refractivity contribution in [2.45, 2.75) is 31.5 Å². The number of hydrogen-bond acceptors (Lipinski definition) is 4. The van der Waals surface area contributed by atoms with Gasteiger partial charge in [0, 0.05) is 10.4 Å². The Kier molecular flexibility index (Phi) is 4.52. The molecule has 1 aromatic heterocycles. The van der Waals surface area contributed by atoms with E-state index < -0.39 is 0 Å². The fourth-order valence-electron chi connectivity index (χ4n) is 2.16. The maximum Gasteiger partial charge on any atom is 0.299 e. The summed E-state index contributed by atoms with van der Waals surface area (Å²) in [5.74, 6) is 0.562. The van der Waals surface area contributed by atoms with E-state index in [0.29, 0.717) is 17.9 Å². The number of nitrogens with zero attached hydrogens (tertiary/aromatic N) is 2. The van der Waals surface area contributed by atoms with Crippen LogP contribution >= 0.6 is 27.3 Å². The maximum atomic E-state index is 11.3. The molecule has 0 aliphatic heterocycles. The van der Waals surface area contributed by atoms with Gasteiger partial charge in [0.2, 0.25) is 0 Å². The number of hydrogen-bond donors (Lipinski definition) is 0. The number of fused-ring (bicyclic) bond motifs is 1. The molecule has 1 unspecified atom stereocenters. The van der Waals surface area contributed by atoms with Crippen LogP contribution in [0.4, 0.5) is 5.69 Å². The molecule has 1 atom stereocenters. The lowest BCUT2D eigenvalue weighted by molar-refractivity contribution is -0.383. The molecule has 0 N–H and O–H groups in total. The van der Waals surface area contributed by atoms with Gasteiger partial charge >= 0.3 is 0 Å². The van der Waals surface area contributed by atoms with Crippen LogP contribution in [0.15, 0.2) is 17.6 Å². The first kappa shape index (κ1) is 14.4. The van der Waals surface area contributed by atoms with Crippen molar-refractivity contribution in [2.75, 3.05) is 0 Å². The van der Waals surface area contributed by atoms with Crippen molar-refractivity contribution in [3.8, 4) is 0 Å². The third kappa shape index (κ3) is 3.30. The molecule has 0 aliphatic carbocycles. The molecule has 0 saturated heterocycles. The number of nitro groups is 1. The van der Waals surface area contributed by atoms with Gasteiger partial charge in [-0.2, -0.15) is 0 Å². The topological polar surface area (TPSA) is 56.0 Å². The third-order valence-electron chi connectivity index (χ3n) is 2.91. The SMILES string of the molecule is CC(C)CC(Br)Cc1ccc2scnc2c1[N+](=O)[O-]. The van der Waals surface area contributed by atoms with E-state index in [-0.39, 0.29) is 15.4 Å². The monoisotopic (exact) mass is 342 g/mol. The smallest absolute Gasteiger partial charge is 0.258 e. The average molecular weight is 343 g/mol. The van der Waals surface area contributed by atoms with Crippen LogP contribution in [0.2, 0.25) is 0 Å². The molecule has 1 aromatic carbocycles. The molecule has 2 aromatic rings. The van der Waals surface area contributed by atoms with Gasteiger partial charge in [-0.25, -0.2) is 4.98 Å². The molecule has 102 valence electrons. The van der Waals surface area contributed by atoms with E-state index in [1.165, 1.54) is 11.3 Å². The molecule has 0 radical (unpaired) electrons. The van der Waals surface area contributed by atoms with Gasteiger partial charge < -0.3 is 0 Å². The molecular formula is C13H15BrN2O2S. The Labute approximate surface area is 124 Å². The van der Waals surface area contributed by atoms with Crippen LogP contribution in [-0.4, -0.2) is 14.7 Å². The number of halogens is 1. The maximum absolute atomic E-state index is 11.3. The molecular weight excluding hydrogens is 328 g/mol. The lowest BCUT2D eigenvalue weighted by Crippen LogP contribution is -2.08. The number of aromatic nitrogens is 1. The zero-order chi connectivity index (χ0) is 14.0. The molecule has 19 heavy (non-hydrogen) atoms. The first-order chi connectivity index (χ1) is 8.99. The van der Waals surface area contributed by atoms with Crippen LogP contribution < -0.4 is 0 Å². The summed E-state index contributed by atoms with van der Waals surface area (Å²) in [6.45, 7) is 4.29. The Morgan fingerprint density at radius 3 is 2.84 bits per heavy atom. The van der Waals surface area contributed by atoms with E-state index in [1.807, 2.05) is 12.1 Å². The summed E-state index contributed by atoms with van der Waals surface area (Å²) in [4.78, 5) is 15.4. The molecule has 1 heterocycles. The van der Waals surface area contributed by atoms with E-state index in [2.05, 4.69) is 34.8 Å². The molecule has 0 bridgehead atoms. The highest BCUT2D eigenvalue weighted by Crippen LogP contribution is 2.33. The van der Waals surface area contributed by atoms with E-state index >= 15 is 0 Å². The summed E-state index contributed by atoms with van der Waals surface area (Å²) in [5, 5.41) is 11.3. The second kappa shape index (κ2) is 5.96. The van der Waals surface area contributed by atoms with Crippen molar-refractivity contribution < 1.29 is 4.92 Å². The Morgan fingerprint density at radius 2 is 2.21 bits per heavy atom. The lowest BCUT2D eigenvalue weighted by atomic mass is 10.0. The van der Waals surface area contributed by atoms with Crippen LogP contribution in [0.3, 0.4) is 0 Å². The molecule has 2 rings (SSSR count). The number of thiazole rings is 1. The summed E-state index contributed by atoms with van der Waals surface area (Å²) in [6, 6.07) is 3.78. The summed E-state index contributed by atoms with van der Waals surface area (Å²) in [5.41, 5.74) is 3.08. The van der Waals surface area contributed by atoms with Gasteiger partial charge in [0.1, 0.15) is 0 Å². The highest BCUT2D eigenvalue weighted by molar-refractivity contribution is 9.09. The summed E-state index contributed by atoms with van der Waals surface area (Å²) >= 11 is 5.04. The molecule has 0 fully saturated rings. The third-order valence-corrected chi connectivity index (χ3v) is 4.40. The summed E-state index contributed by atoms with van der Waals surface area (Å²) < 4.78 is 0.866. The van der Waals surface area contributed by atoms with Crippen molar-refractivity contribution in [3.63, 3.8) is 0 Å². The second-order valence-corrected chi connectivity index (χ2v) is 7.14. The van der Waals surface area contributed by atoms with Crippen LogP contribution in [0.5, 0.6) is 0 Å². The Hall–Kier alpha value is -1.01. The Bertz CT molecular complexity index is 597. The van der Waals surface area contributed by atoms with E-state index in [1.54, 1.807) is 5.51 Å². The van der Waals surface area contributed by atoms with Crippen molar-refractivity contribution >= 4 is 43.2 Å². The number of nitro benzene ring substituents is 1. The van der Waals surface area contributed by atoms with Crippen LogP contribution in [0.25, 0.3) is 10.2 Å². The number of rotatable bonds is 5. The highest BCUT2D eigenvalue weighted by Gasteiger charge is 2.22. The molecule has 6 heteroatoms. The van der Waals surface area contributed by atoms with Crippen molar-refractivity contribution in [1.82, 2.24) is 4.98 Å². The molecule has 0 aliphatic rings. The molecule has 0 amide bonds. The fraction of sp³-hybridized carbons (Fsp3) is 0.462. The van der Waals surface area contributed by atoms with E-state index in [4.69, 9.17) is 0 Å². The molecule has 0 spiro atoms. The standard InChI is InChI=1S/C13H15BrN2O2S/c1-8(2)5-10(14)6-9-3-4-11-12(15-7-19-11)13(9)16(17)18/h3-4,7-8,10H,5-6H2,1-2H3. The highest BCUT2D eigenvalue weighted by atomic mass is 79.9. The zero-order valence-electron chi connectivity index (χ0n) is 10.8. The predicted octanol–water partition coefficient (Wildman–Crippen LogP) is 4.56. The zero-order valence-corrected chi connectivity index (χ0v) is 13.2.